The molecule has 8 nitrogen and oxygen atoms in total. The van der Waals surface area contributed by atoms with Gasteiger partial charge in [0.2, 0.25) is 0 Å². The second-order valence-electron chi connectivity index (χ2n) is 5.10. The molecule has 8 heteroatoms. The predicted molar refractivity (Wildman–Crippen MR) is 68.3 cm³/mol. The monoisotopic (exact) mass is 281 g/mol. The molecule has 2 rings (SSSR count). The number of amides is 1. The fourth-order valence-corrected chi connectivity index (χ4v) is 2.36. The number of tetrazole rings is 1. The Morgan fingerprint density at radius 1 is 1.40 bits per heavy atom. The highest BCUT2D eigenvalue weighted by atomic mass is 16.5. The van der Waals surface area contributed by atoms with Crippen LogP contribution in [0.4, 0.5) is 0 Å². The smallest absolute Gasteiger partial charge is 0.328 e. The van der Waals surface area contributed by atoms with E-state index in [-0.39, 0.29) is 25.1 Å². The SMILES string of the molecule is C[C@H]1CCCC[C@H]1NC(=O)COC(=O)Cn1cnnn1. The molecule has 0 radical (unpaired) electrons. The molecule has 1 N–H and O–H groups in total. The van der Waals surface area contributed by atoms with E-state index in [0.29, 0.717) is 5.92 Å². The summed E-state index contributed by atoms with van der Waals surface area (Å²) in [5, 5.41) is 13.3. The van der Waals surface area contributed by atoms with E-state index >= 15 is 0 Å². The lowest BCUT2D eigenvalue weighted by Crippen LogP contribution is -2.43. The molecular formula is C12H19N5O3. The van der Waals surface area contributed by atoms with E-state index in [1.165, 1.54) is 17.4 Å². The van der Waals surface area contributed by atoms with Crippen molar-refractivity contribution in [3.05, 3.63) is 6.33 Å². The Balaban J connectivity index is 1.68. The van der Waals surface area contributed by atoms with Crippen LogP contribution < -0.4 is 5.32 Å². The van der Waals surface area contributed by atoms with Crippen molar-refractivity contribution in [2.45, 2.75) is 45.2 Å². The summed E-state index contributed by atoms with van der Waals surface area (Å²) in [7, 11) is 0. The third-order valence-electron chi connectivity index (χ3n) is 3.50. The molecule has 1 heterocycles. The van der Waals surface area contributed by atoms with Crippen LogP contribution in [0, 0.1) is 5.92 Å². The standard InChI is InChI=1S/C12H19N5O3/c1-9-4-2-3-5-10(9)14-11(18)7-20-12(19)6-17-8-13-15-16-17/h8-10H,2-7H2,1H3,(H,14,18)/t9-,10+/m0/s1. The van der Waals surface area contributed by atoms with E-state index in [1.807, 2.05) is 0 Å². The van der Waals surface area contributed by atoms with Gasteiger partial charge in [0.15, 0.2) is 6.61 Å². The van der Waals surface area contributed by atoms with Gasteiger partial charge in [0.25, 0.3) is 5.91 Å². The van der Waals surface area contributed by atoms with Crippen LogP contribution in [0.5, 0.6) is 0 Å². The lowest BCUT2D eigenvalue weighted by atomic mass is 9.86. The lowest BCUT2D eigenvalue weighted by molar-refractivity contribution is -0.149. The third-order valence-corrected chi connectivity index (χ3v) is 3.50. The molecule has 0 bridgehead atoms. The van der Waals surface area contributed by atoms with Gasteiger partial charge < -0.3 is 10.1 Å². The molecule has 1 aliphatic carbocycles. The van der Waals surface area contributed by atoms with Crippen LogP contribution >= 0.6 is 0 Å². The first-order valence-electron chi connectivity index (χ1n) is 6.81. The summed E-state index contributed by atoms with van der Waals surface area (Å²) < 4.78 is 6.13. The summed E-state index contributed by atoms with van der Waals surface area (Å²) in [6, 6.07) is 0.189. The van der Waals surface area contributed by atoms with Gasteiger partial charge in [-0.3, -0.25) is 9.59 Å². The number of esters is 1. The topological polar surface area (TPSA) is 99.0 Å². The highest BCUT2D eigenvalue weighted by Gasteiger charge is 2.23. The molecule has 1 aromatic rings. The van der Waals surface area contributed by atoms with Crippen molar-refractivity contribution in [2.75, 3.05) is 6.61 Å². The van der Waals surface area contributed by atoms with Crippen molar-refractivity contribution in [1.82, 2.24) is 25.5 Å². The Kier molecular flexibility index (Phi) is 5.03. The summed E-state index contributed by atoms with van der Waals surface area (Å²) in [5.41, 5.74) is 0. The van der Waals surface area contributed by atoms with Gasteiger partial charge in [-0.1, -0.05) is 19.8 Å². The Bertz CT molecular complexity index is 448. The molecular weight excluding hydrogens is 262 g/mol. The molecule has 1 amide bonds. The van der Waals surface area contributed by atoms with Gasteiger partial charge in [0.05, 0.1) is 0 Å². The molecule has 0 spiro atoms. The molecule has 110 valence electrons. The summed E-state index contributed by atoms with van der Waals surface area (Å²) >= 11 is 0. The molecule has 1 aromatic heterocycles. The highest BCUT2D eigenvalue weighted by Crippen LogP contribution is 2.23. The van der Waals surface area contributed by atoms with Crippen molar-refractivity contribution in [3.63, 3.8) is 0 Å². The predicted octanol–water partition coefficient (Wildman–Crippen LogP) is -0.0888. The van der Waals surface area contributed by atoms with Crippen LogP contribution in [0.1, 0.15) is 32.6 Å². The molecule has 1 fully saturated rings. The summed E-state index contributed by atoms with van der Waals surface area (Å²) in [4.78, 5) is 23.2. The van der Waals surface area contributed by atoms with Crippen LogP contribution in [0.3, 0.4) is 0 Å². The second kappa shape index (κ2) is 6.97. The number of hydrogen-bond donors (Lipinski definition) is 1. The van der Waals surface area contributed by atoms with Gasteiger partial charge in [-0.15, -0.1) is 5.10 Å². The van der Waals surface area contributed by atoms with Crippen LogP contribution in [-0.2, 0) is 20.9 Å². The van der Waals surface area contributed by atoms with Crippen LogP contribution in [-0.4, -0.2) is 44.7 Å². The van der Waals surface area contributed by atoms with Crippen molar-refractivity contribution < 1.29 is 14.3 Å². The van der Waals surface area contributed by atoms with Gasteiger partial charge in [-0.25, -0.2) is 4.68 Å². The Labute approximate surface area is 116 Å². The molecule has 0 aromatic carbocycles. The van der Waals surface area contributed by atoms with Gasteiger partial charge in [-0.2, -0.15) is 0 Å². The van der Waals surface area contributed by atoms with E-state index in [1.54, 1.807) is 0 Å². The van der Waals surface area contributed by atoms with Crippen LogP contribution in [0.2, 0.25) is 0 Å². The van der Waals surface area contributed by atoms with Crippen molar-refractivity contribution in [1.29, 1.82) is 0 Å². The molecule has 0 saturated heterocycles. The van der Waals surface area contributed by atoms with E-state index in [4.69, 9.17) is 4.74 Å². The number of ether oxygens (including phenoxy) is 1. The van der Waals surface area contributed by atoms with Crippen molar-refractivity contribution in [2.24, 2.45) is 5.92 Å². The fraction of sp³-hybridized carbons (Fsp3) is 0.750. The summed E-state index contributed by atoms with van der Waals surface area (Å²) in [6.07, 6.45) is 5.78. The van der Waals surface area contributed by atoms with Gasteiger partial charge >= 0.3 is 5.97 Å². The highest BCUT2D eigenvalue weighted by molar-refractivity contribution is 5.80. The lowest BCUT2D eigenvalue weighted by Gasteiger charge is -2.29. The molecule has 2 atom stereocenters. The van der Waals surface area contributed by atoms with Crippen LogP contribution in [0.15, 0.2) is 6.33 Å². The van der Waals surface area contributed by atoms with Crippen LogP contribution in [0.25, 0.3) is 0 Å². The minimum Gasteiger partial charge on any atom is -0.454 e. The average molecular weight is 281 g/mol. The number of aromatic nitrogens is 4. The Hall–Kier alpha value is -1.99. The van der Waals surface area contributed by atoms with Crippen molar-refractivity contribution in [3.8, 4) is 0 Å². The summed E-state index contributed by atoms with van der Waals surface area (Å²) in [5.74, 6) is -0.317. The number of rotatable bonds is 5. The first-order valence-corrected chi connectivity index (χ1v) is 6.81. The zero-order chi connectivity index (χ0) is 14.4. The van der Waals surface area contributed by atoms with E-state index in [9.17, 15) is 9.59 Å². The minimum absolute atomic E-state index is 0.0971. The molecule has 0 unspecified atom stereocenters. The maximum Gasteiger partial charge on any atom is 0.328 e. The zero-order valence-electron chi connectivity index (χ0n) is 11.5. The van der Waals surface area contributed by atoms with Gasteiger partial charge in [0, 0.05) is 6.04 Å². The zero-order valence-corrected chi connectivity index (χ0v) is 11.5. The quantitative estimate of drug-likeness (QED) is 0.757. The first-order chi connectivity index (χ1) is 9.65. The number of nitrogens with zero attached hydrogens (tertiary/aromatic N) is 4. The molecule has 1 aliphatic rings. The Morgan fingerprint density at radius 3 is 2.90 bits per heavy atom. The number of nitrogens with one attached hydrogen (secondary N) is 1. The number of carbonyl (C=O) groups is 2. The van der Waals surface area contributed by atoms with Crippen molar-refractivity contribution >= 4 is 11.9 Å². The normalized spacial score (nSPS) is 22.2. The molecule has 0 aliphatic heterocycles. The first kappa shape index (κ1) is 14.4. The number of hydrogen-bond acceptors (Lipinski definition) is 6. The van der Waals surface area contributed by atoms with Gasteiger partial charge in [-0.05, 0) is 29.2 Å². The fourth-order valence-electron chi connectivity index (χ4n) is 2.36. The average Bonchev–Trinajstić information content (AvgIpc) is 2.92. The number of carbonyl (C=O) groups excluding carboxylic acids is 2. The largest absolute Gasteiger partial charge is 0.454 e. The second-order valence-corrected chi connectivity index (χ2v) is 5.10. The van der Waals surface area contributed by atoms with Gasteiger partial charge in [0.1, 0.15) is 12.9 Å². The molecule has 1 saturated carbocycles. The third kappa shape index (κ3) is 4.29. The summed E-state index contributed by atoms with van der Waals surface area (Å²) in [6.45, 7) is 1.78. The van der Waals surface area contributed by atoms with E-state index in [2.05, 4.69) is 27.8 Å². The maximum atomic E-state index is 11.7. The van der Waals surface area contributed by atoms with E-state index in [0.717, 1.165) is 19.3 Å². The Morgan fingerprint density at radius 2 is 2.20 bits per heavy atom. The minimum atomic E-state index is -0.538. The maximum absolute atomic E-state index is 11.7. The van der Waals surface area contributed by atoms with E-state index < -0.39 is 5.97 Å². The molecule has 20 heavy (non-hydrogen) atoms.